The molecule has 2 atom stereocenters. The molecule has 0 radical (unpaired) electrons. The Morgan fingerprint density at radius 2 is 2.44 bits per heavy atom. The third kappa shape index (κ3) is 3.22. The molecule has 3 nitrogen and oxygen atoms in total. The molecule has 0 spiro atoms. The van der Waals surface area contributed by atoms with Crippen LogP contribution in [0.5, 0.6) is 0 Å². The van der Waals surface area contributed by atoms with Crippen molar-refractivity contribution in [3.63, 3.8) is 0 Å². The Balaban J connectivity index is 1.89. The first-order valence-electron chi connectivity index (χ1n) is 6.51. The maximum absolute atomic E-state index is 5.44. The quantitative estimate of drug-likeness (QED) is 0.777. The Labute approximate surface area is 98.2 Å². The number of likely N-dealkylation sites (N-methyl/N-ethyl adjacent to an activating group) is 1. The lowest BCUT2D eigenvalue weighted by Crippen LogP contribution is -2.34. The van der Waals surface area contributed by atoms with Crippen molar-refractivity contribution in [1.29, 1.82) is 0 Å². The van der Waals surface area contributed by atoms with Gasteiger partial charge in [-0.1, -0.05) is 6.92 Å². The highest BCUT2D eigenvalue weighted by Crippen LogP contribution is 2.24. The summed E-state index contributed by atoms with van der Waals surface area (Å²) in [6.45, 7) is 5.96. The smallest absolute Gasteiger partial charge is 0.0876 e. The fourth-order valence-electron chi connectivity index (χ4n) is 2.56. The minimum absolute atomic E-state index is 0.497. The zero-order chi connectivity index (χ0) is 11.2. The van der Waals surface area contributed by atoms with Crippen LogP contribution < -0.4 is 5.32 Å². The first kappa shape index (κ1) is 11.9. The monoisotopic (exact) mass is 225 g/mol. The summed E-state index contributed by atoms with van der Waals surface area (Å²) in [5, 5.41) is 3.58. The molecule has 2 heterocycles. The first-order valence-corrected chi connectivity index (χ1v) is 6.51. The van der Waals surface area contributed by atoms with E-state index in [1.807, 2.05) is 6.26 Å². The summed E-state index contributed by atoms with van der Waals surface area (Å²) in [6.07, 6.45) is 6.74. The van der Waals surface area contributed by atoms with Gasteiger partial charge in [0, 0.05) is 19.3 Å². The van der Waals surface area contributed by atoms with Crippen LogP contribution in [0.1, 0.15) is 32.6 Å². The van der Waals surface area contributed by atoms with Gasteiger partial charge in [0.15, 0.2) is 0 Å². The maximum atomic E-state index is 5.44. The number of nitrogens with one attached hydrogen (secondary N) is 1. The van der Waals surface area contributed by atoms with Gasteiger partial charge < -0.3 is 14.8 Å². The molecule has 0 aromatic heterocycles. The minimum Gasteiger partial charge on any atom is -0.501 e. The summed E-state index contributed by atoms with van der Waals surface area (Å²) >= 11 is 0. The Hall–Kier alpha value is -0.540. The molecule has 1 fully saturated rings. The van der Waals surface area contributed by atoms with Crippen molar-refractivity contribution in [1.82, 2.24) is 5.32 Å². The zero-order valence-corrected chi connectivity index (χ0v) is 10.2. The molecule has 0 aromatic rings. The molecule has 2 aliphatic heterocycles. The van der Waals surface area contributed by atoms with Gasteiger partial charge in [0.05, 0.1) is 12.9 Å². The molecule has 3 heteroatoms. The van der Waals surface area contributed by atoms with Gasteiger partial charge in [0.2, 0.25) is 0 Å². The van der Waals surface area contributed by atoms with E-state index in [1.54, 1.807) is 0 Å². The molecule has 92 valence electrons. The van der Waals surface area contributed by atoms with Crippen LogP contribution in [0.25, 0.3) is 0 Å². The van der Waals surface area contributed by atoms with E-state index < -0.39 is 0 Å². The van der Waals surface area contributed by atoms with Crippen molar-refractivity contribution in [3.8, 4) is 0 Å². The lowest BCUT2D eigenvalue weighted by molar-refractivity contribution is 0.180. The van der Waals surface area contributed by atoms with Gasteiger partial charge in [-0.05, 0) is 43.7 Å². The lowest BCUT2D eigenvalue weighted by Gasteiger charge is -2.25. The topological polar surface area (TPSA) is 30.5 Å². The second kappa shape index (κ2) is 6.26. The van der Waals surface area contributed by atoms with Crippen LogP contribution in [0.15, 0.2) is 11.8 Å². The van der Waals surface area contributed by atoms with Crippen molar-refractivity contribution in [2.75, 3.05) is 26.4 Å². The highest BCUT2D eigenvalue weighted by molar-refractivity contribution is 5.10. The average molecular weight is 225 g/mol. The lowest BCUT2D eigenvalue weighted by atomic mass is 9.92. The van der Waals surface area contributed by atoms with E-state index in [2.05, 4.69) is 12.2 Å². The highest BCUT2D eigenvalue weighted by Gasteiger charge is 2.23. The summed E-state index contributed by atoms with van der Waals surface area (Å²) in [6, 6.07) is 0.497. The number of hydrogen-bond acceptors (Lipinski definition) is 3. The van der Waals surface area contributed by atoms with Gasteiger partial charge in [-0.3, -0.25) is 0 Å². The zero-order valence-electron chi connectivity index (χ0n) is 10.2. The largest absolute Gasteiger partial charge is 0.501 e. The van der Waals surface area contributed by atoms with Crippen molar-refractivity contribution in [3.05, 3.63) is 11.8 Å². The number of ether oxygens (including phenoxy) is 2. The van der Waals surface area contributed by atoms with E-state index >= 15 is 0 Å². The number of rotatable bonds is 5. The molecule has 0 aromatic carbocycles. The standard InChI is InChI=1S/C13H23NO2/c1-2-14-13(8-11-5-7-16-9-11)12-4-3-6-15-10-12/h10-11,13-14H,2-9H2,1H3. The fourth-order valence-corrected chi connectivity index (χ4v) is 2.56. The van der Waals surface area contributed by atoms with Crippen molar-refractivity contribution in [2.24, 2.45) is 5.92 Å². The van der Waals surface area contributed by atoms with E-state index in [0.717, 1.165) is 38.7 Å². The van der Waals surface area contributed by atoms with E-state index in [9.17, 15) is 0 Å². The van der Waals surface area contributed by atoms with Crippen LogP contribution >= 0.6 is 0 Å². The van der Waals surface area contributed by atoms with E-state index in [4.69, 9.17) is 9.47 Å². The predicted octanol–water partition coefficient (Wildman–Crippen LogP) is 2.09. The van der Waals surface area contributed by atoms with Crippen LogP contribution in [-0.2, 0) is 9.47 Å². The maximum Gasteiger partial charge on any atom is 0.0876 e. The third-order valence-electron chi connectivity index (χ3n) is 3.45. The second-order valence-electron chi connectivity index (χ2n) is 4.74. The van der Waals surface area contributed by atoms with Crippen LogP contribution in [-0.4, -0.2) is 32.4 Å². The summed E-state index contributed by atoms with van der Waals surface area (Å²) in [7, 11) is 0. The Morgan fingerprint density at radius 3 is 3.06 bits per heavy atom. The number of hydrogen-bond donors (Lipinski definition) is 1. The van der Waals surface area contributed by atoms with E-state index in [1.165, 1.54) is 24.8 Å². The first-order chi connectivity index (χ1) is 7.90. The Morgan fingerprint density at radius 1 is 1.50 bits per heavy atom. The molecule has 1 N–H and O–H groups in total. The molecular weight excluding hydrogens is 202 g/mol. The normalized spacial score (nSPS) is 27.3. The van der Waals surface area contributed by atoms with Crippen LogP contribution in [0.4, 0.5) is 0 Å². The molecule has 0 amide bonds. The van der Waals surface area contributed by atoms with Crippen molar-refractivity contribution in [2.45, 2.75) is 38.6 Å². The summed E-state index contributed by atoms with van der Waals surface area (Å²) in [4.78, 5) is 0. The third-order valence-corrected chi connectivity index (χ3v) is 3.45. The molecule has 2 rings (SSSR count). The summed E-state index contributed by atoms with van der Waals surface area (Å²) < 4.78 is 10.9. The van der Waals surface area contributed by atoms with Crippen molar-refractivity contribution >= 4 is 0 Å². The SMILES string of the molecule is CCNC(CC1CCOC1)C1=COCCC1. The molecule has 2 unspecified atom stereocenters. The van der Waals surface area contributed by atoms with Crippen molar-refractivity contribution < 1.29 is 9.47 Å². The molecule has 1 saturated heterocycles. The Kier molecular flexibility index (Phi) is 4.67. The van der Waals surface area contributed by atoms with Crippen LogP contribution in [0.3, 0.4) is 0 Å². The summed E-state index contributed by atoms with van der Waals surface area (Å²) in [5.74, 6) is 0.729. The fraction of sp³-hybridized carbons (Fsp3) is 0.846. The van der Waals surface area contributed by atoms with Gasteiger partial charge in [-0.2, -0.15) is 0 Å². The van der Waals surface area contributed by atoms with Crippen LogP contribution in [0, 0.1) is 5.92 Å². The van der Waals surface area contributed by atoms with E-state index in [0.29, 0.717) is 6.04 Å². The van der Waals surface area contributed by atoms with Gasteiger partial charge in [-0.25, -0.2) is 0 Å². The van der Waals surface area contributed by atoms with Crippen LogP contribution in [0.2, 0.25) is 0 Å². The summed E-state index contributed by atoms with van der Waals surface area (Å²) in [5.41, 5.74) is 1.44. The highest BCUT2D eigenvalue weighted by atomic mass is 16.5. The molecule has 0 bridgehead atoms. The van der Waals surface area contributed by atoms with Gasteiger partial charge in [-0.15, -0.1) is 0 Å². The molecule has 0 saturated carbocycles. The Bertz CT molecular complexity index is 234. The second-order valence-corrected chi connectivity index (χ2v) is 4.74. The molecule has 2 aliphatic rings. The van der Waals surface area contributed by atoms with Gasteiger partial charge >= 0.3 is 0 Å². The van der Waals surface area contributed by atoms with Gasteiger partial charge in [0.1, 0.15) is 0 Å². The van der Waals surface area contributed by atoms with E-state index in [-0.39, 0.29) is 0 Å². The molecule has 0 aliphatic carbocycles. The average Bonchev–Trinajstić information content (AvgIpc) is 2.83. The minimum atomic E-state index is 0.497. The predicted molar refractivity (Wildman–Crippen MR) is 64.3 cm³/mol. The van der Waals surface area contributed by atoms with Gasteiger partial charge in [0.25, 0.3) is 0 Å². The molecule has 16 heavy (non-hydrogen) atoms. The molecular formula is C13H23NO2.